The molecule has 0 amide bonds. The van der Waals surface area contributed by atoms with Gasteiger partial charge in [-0.25, -0.2) is 0 Å². The lowest BCUT2D eigenvalue weighted by Crippen LogP contribution is -2.10. The average Bonchev–Trinajstić information content (AvgIpc) is 2.60. The highest BCUT2D eigenvalue weighted by molar-refractivity contribution is 6.35. The molecule has 0 fully saturated rings. The zero-order chi connectivity index (χ0) is 15.5. The van der Waals surface area contributed by atoms with Gasteiger partial charge in [0.15, 0.2) is 5.78 Å². The quantitative estimate of drug-likeness (QED) is 0.500. The number of halogens is 1. The van der Waals surface area contributed by atoms with Crippen LogP contribution in [0, 0.1) is 0 Å². The molecule has 3 heteroatoms. The van der Waals surface area contributed by atoms with Gasteiger partial charge in [-0.2, -0.15) is 0 Å². The van der Waals surface area contributed by atoms with Gasteiger partial charge in [-0.3, -0.25) is 4.79 Å². The summed E-state index contributed by atoms with van der Waals surface area (Å²) in [5.74, 6) is 0.395. The summed E-state index contributed by atoms with van der Waals surface area (Å²) in [5, 5.41) is 1.11. The van der Waals surface area contributed by atoms with E-state index in [1.807, 2.05) is 66.7 Å². The Morgan fingerprint density at radius 1 is 0.955 bits per heavy atom. The van der Waals surface area contributed by atoms with Crippen molar-refractivity contribution in [1.29, 1.82) is 0 Å². The number of alkyl halides is 1. The number of hydrogen-bond acceptors (Lipinski definition) is 2. The molecular weight excluding hydrogens is 296 g/mol. The van der Waals surface area contributed by atoms with Crippen LogP contribution in [0.5, 0.6) is 5.75 Å². The molecule has 0 heterocycles. The molecule has 0 saturated heterocycles. The highest BCUT2D eigenvalue weighted by Gasteiger charge is 2.24. The first-order valence-corrected chi connectivity index (χ1v) is 7.45. The number of rotatable bonds is 4. The minimum absolute atomic E-state index is 0.151. The topological polar surface area (TPSA) is 26.3 Å². The van der Waals surface area contributed by atoms with Crippen molar-refractivity contribution in [2.75, 3.05) is 7.11 Å². The predicted molar refractivity (Wildman–Crippen MR) is 89.9 cm³/mol. The zero-order valence-electron chi connectivity index (χ0n) is 12.1. The first-order chi connectivity index (χ1) is 10.7. The fourth-order valence-electron chi connectivity index (χ4n) is 2.58. The van der Waals surface area contributed by atoms with Crippen molar-refractivity contribution in [3.8, 4) is 5.75 Å². The summed E-state index contributed by atoms with van der Waals surface area (Å²) in [5.41, 5.74) is 1.31. The molecule has 22 heavy (non-hydrogen) atoms. The van der Waals surface area contributed by atoms with Crippen LogP contribution in [0.4, 0.5) is 0 Å². The Hall–Kier alpha value is -2.32. The smallest absolute Gasteiger partial charge is 0.189 e. The second-order valence-electron chi connectivity index (χ2n) is 5.00. The van der Waals surface area contributed by atoms with E-state index in [1.165, 1.54) is 0 Å². The SMILES string of the molecule is COc1ccc2ccccc2c1C(=O)C(Cl)c1ccccc1. The standard InChI is InChI=1S/C19H15ClO2/c1-22-16-12-11-13-7-5-6-10-15(13)17(16)19(21)18(20)14-8-3-2-4-9-14/h2-12,18H,1H3. The molecule has 0 spiro atoms. The minimum Gasteiger partial charge on any atom is -0.496 e. The maximum Gasteiger partial charge on any atom is 0.189 e. The monoisotopic (exact) mass is 310 g/mol. The average molecular weight is 311 g/mol. The Kier molecular flexibility index (Phi) is 4.12. The van der Waals surface area contributed by atoms with Gasteiger partial charge in [0.2, 0.25) is 0 Å². The number of hydrogen-bond donors (Lipinski definition) is 0. The molecule has 3 aromatic carbocycles. The molecule has 1 unspecified atom stereocenters. The van der Waals surface area contributed by atoms with Crippen molar-refractivity contribution in [1.82, 2.24) is 0 Å². The van der Waals surface area contributed by atoms with Gasteiger partial charge < -0.3 is 4.74 Å². The Morgan fingerprint density at radius 3 is 2.36 bits per heavy atom. The number of methoxy groups -OCH3 is 1. The summed E-state index contributed by atoms with van der Waals surface area (Å²) in [6.07, 6.45) is 0. The van der Waals surface area contributed by atoms with Crippen molar-refractivity contribution < 1.29 is 9.53 Å². The Bertz CT molecular complexity index is 812. The lowest BCUT2D eigenvalue weighted by molar-refractivity contribution is 0.0986. The van der Waals surface area contributed by atoms with E-state index in [0.29, 0.717) is 11.3 Å². The Balaban J connectivity index is 2.14. The van der Waals surface area contributed by atoms with Crippen molar-refractivity contribution in [2.45, 2.75) is 5.38 Å². The molecule has 3 aromatic rings. The first-order valence-electron chi connectivity index (χ1n) is 7.01. The second kappa shape index (κ2) is 6.20. The van der Waals surface area contributed by atoms with Crippen LogP contribution in [0.25, 0.3) is 10.8 Å². The lowest BCUT2D eigenvalue weighted by atomic mass is 9.96. The van der Waals surface area contributed by atoms with Gasteiger partial charge in [-0.15, -0.1) is 11.6 Å². The number of Topliss-reactive ketones (excluding diaryl/α,β-unsaturated/α-hetero) is 1. The lowest BCUT2D eigenvalue weighted by Gasteiger charge is -2.14. The highest BCUT2D eigenvalue weighted by Crippen LogP contribution is 2.34. The van der Waals surface area contributed by atoms with Crippen LogP contribution in [-0.2, 0) is 0 Å². The molecule has 0 N–H and O–H groups in total. The van der Waals surface area contributed by atoms with Crippen molar-refractivity contribution >= 4 is 28.2 Å². The summed E-state index contributed by atoms with van der Waals surface area (Å²) in [6, 6.07) is 20.8. The fourth-order valence-corrected chi connectivity index (χ4v) is 2.83. The molecule has 0 aromatic heterocycles. The van der Waals surface area contributed by atoms with Crippen molar-refractivity contribution in [2.24, 2.45) is 0 Å². The van der Waals surface area contributed by atoms with E-state index in [0.717, 1.165) is 16.3 Å². The third-order valence-electron chi connectivity index (χ3n) is 3.68. The molecule has 1 atom stereocenters. The normalized spacial score (nSPS) is 12.1. The first kappa shape index (κ1) is 14.6. The molecule has 0 radical (unpaired) electrons. The molecule has 0 bridgehead atoms. The van der Waals surface area contributed by atoms with Crippen LogP contribution in [0.2, 0.25) is 0 Å². The second-order valence-corrected chi connectivity index (χ2v) is 5.44. The predicted octanol–water partition coefficient (Wildman–Crippen LogP) is 5.01. The van der Waals surface area contributed by atoms with Gasteiger partial charge in [0.1, 0.15) is 11.1 Å². The molecule has 0 aliphatic heterocycles. The van der Waals surface area contributed by atoms with Crippen molar-refractivity contribution in [3.63, 3.8) is 0 Å². The number of ketones is 1. The molecular formula is C19H15ClO2. The molecule has 110 valence electrons. The Morgan fingerprint density at radius 2 is 1.64 bits per heavy atom. The van der Waals surface area contributed by atoms with Gasteiger partial charge in [-0.1, -0.05) is 60.7 Å². The van der Waals surface area contributed by atoms with Gasteiger partial charge in [0, 0.05) is 0 Å². The summed E-state index contributed by atoms with van der Waals surface area (Å²) in [4.78, 5) is 12.9. The molecule has 0 saturated carbocycles. The van der Waals surface area contributed by atoms with E-state index < -0.39 is 5.38 Å². The number of carbonyl (C=O) groups is 1. The van der Waals surface area contributed by atoms with Gasteiger partial charge in [-0.05, 0) is 22.4 Å². The van der Waals surface area contributed by atoms with Gasteiger partial charge >= 0.3 is 0 Å². The Labute approximate surface area is 134 Å². The zero-order valence-corrected chi connectivity index (χ0v) is 12.9. The highest BCUT2D eigenvalue weighted by atomic mass is 35.5. The number of benzene rings is 3. The van der Waals surface area contributed by atoms with Crippen molar-refractivity contribution in [3.05, 3.63) is 77.9 Å². The van der Waals surface area contributed by atoms with E-state index in [9.17, 15) is 4.79 Å². The number of carbonyl (C=O) groups excluding carboxylic acids is 1. The van der Waals surface area contributed by atoms with Crippen LogP contribution in [-0.4, -0.2) is 12.9 Å². The fraction of sp³-hybridized carbons (Fsp3) is 0.105. The maximum absolute atomic E-state index is 12.9. The minimum atomic E-state index is -0.735. The van der Waals surface area contributed by atoms with E-state index in [2.05, 4.69) is 0 Å². The van der Waals surface area contributed by atoms with E-state index >= 15 is 0 Å². The maximum atomic E-state index is 12.9. The summed E-state index contributed by atoms with van der Waals surface area (Å²) >= 11 is 6.42. The molecule has 0 aliphatic rings. The molecule has 2 nitrogen and oxygen atoms in total. The largest absolute Gasteiger partial charge is 0.496 e. The van der Waals surface area contributed by atoms with Gasteiger partial charge in [0.05, 0.1) is 12.7 Å². The molecule has 0 aliphatic carbocycles. The van der Waals surface area contributed by atoms with Crippen LogP contribution >= 0.6 is 11.6 Å². The van der Waals surface area contributed by atoms with E-state index in [4.69, 9.17) is 16.3 Å². The van der Waals surface area contributed by atoms with Crippen LogP contribution in [0.1, 0.15) is 21.3 Å². The third-order valence-corrected chi connectivity index (χ3v) is 4.13. The summed E-state index contributed by atoms with van der Waals surface area (Å²) in [6.45, 7) is 0. The van der Waals surface area contributed by atoms with Crippen LogP contribution in [0.15, 0.2) is 66.7 Å². The number of fused-ring (bicyclic) bond motifs is 1. The van der Waals surface area contributed by atoms with Crippen LogP contribution < -0.4 is 4.74 Å². The summed E-state index contributed by atoms with van der Waals surface area (Å²) in [7, 11) is 1.56. The third kappa shape index (κ3) is 2.58. The number of ether oxygens (including phenoxy) is 1. The van der Waals surface area contributed by atoms with E-state index in [-0.39, 0.29) is 5.78 Å². The molecule has 3 rings (SSSR count). The van der Waals surface area contributed by atoms with Gasteiger partial charge in [0.25, 0.3) is 0 Å². The van der Waals surface area contributed by atoms with E-state index in [1.54, 1.807) is 7.11 Å². The summed E-state index contributed by atoms with van der Waals surface area (Å²) < 4.78 is 5.38. The van der Waals surface area contributed by atoms with Crippen LogP contribution in [0.3, 0.4) is 0 Å².